The normalized spacial score (nSPS) is 11.3. The van der Waals surface area contributed by atoms with E-state index in [1.54, 1.807) is 0 Å². The van der Waals surface area contributed by atoms with Crippen LogP contribution < -0.4 is 10.5 Å². The van der Waals surface area contributed by atoms with E-state index in [9.17, 15) is 18.0 Å². The highest BCUT2D eigenvalue weighted by atomic mass is 19.4. The number of nitrogens with two attached hydrogens (primary N) is 1. The van der Waals surface area contributed by atoms with Crippen LogP contribution in [0.25, 0.3) is 0 Å². The van der Waals surface area contributed by atoms with Crippen LogP contribution in [0.5, 0.6) is 5.75 Å². The van der Waals surface area contributed by atoms with Gasteiger partial charge in [-0.1, -0.05) is 6.07 Å². The molecule has 16 heavy (non-hydrogen) atoms. The second-order valence-electron chi connectivity index (χ2n) is 3.04. The molecule has 0 unspecified atom stereocenters. The summed E-state index contributed by atoms with van der Waals surface area (Å²) in [5.74, 6) is -0.821. The summed E-state index contributed by atoms with van der Waals surface area (Å²) in [5, 5.41) is 0. The van der Waals surface area contributed by atoms with E-state index in [0.29, 0.717) is 0 Å². The number of rotatable bonds is 3. The van der Waals surface area contributed by atoms with Crippen LogP contribution in [0.2, 0.25) is 0 Å². The van der Waals surface area contributed by atoms with E-state index in [-0.39, 0.29) is 17.9 Å². The van der Waals surface area contributed by atoms with E-state index in [4.69, 9.17) is 5.73 Å². The minimum atomic E-state index is -4.50. The van der Waals surface area contributed by atoms with Crippen LogP contribution >= 0.6 is 0 Å². The second kappa shape index (κ2) is 4.52. The molecule has 0 heterocycles. The van der Waals surface area contributed by atoms with Gasteiger partial charge in [0.25, 0.3) is 0 Å². The van der Waals surface area contributed by atoms with Gasteiger partial charge in [-0.2, -0.15) is 13.2 Å². The number of hydrogen-bond acceptors (Lipinski definition) is 3. The van der Waals surface area contributed by atoms with Crippen LogP contribution in [-0.2, 0) is 6.18 Å². The number of benzene rings is 1. The van der Waals surface area contributed by atoms with Crippen molar-refractivity contribution < 1.29 is 22.7 Å². The van der Waals surface area contributed by atoms with Gasteiger partial charge in [-0.05, 0) is 12.1 Å². The highest BCUT2D eigenvalue weighted by Crippen LogP contribution is 2.36. The van der Waals surface area contributed by atoms with E-state index in [1.807, 2.05) is 0 Å². The van der Waals surface area contributed by atoms with Crippen molar-refractivity contribution >= 4 is 5.78 Å². The number of ketones is 1. The number of ether oxygens (including phenoxy) is 1. The molecule has 2 N–H and O–H groups in total. The zero-order chi connectivity index (χ0) is 12.3. The molecule has 0 amide bonds. The molecule has 0 aliphatic heterocycles. The number of carbonyl (C=O) groups is 1. The Hall–Kier alpha value is -1.56. The SMILES string of the molecule is COc1cc(C(=O)CN)ccc1C(F)(F)F. The van der Waals surface area contributed by atoms with Gasteiger partial charge < -0.3 is 10.5 Å². The topological polar surface area (TPSA) is 52.3 Å². The summed E-state index contributed by atoms with van der Waals surface area (Å²) in [6, 6.07) is 2.93. The van der Waals surface area contributed by atoms with Gasteiger partial charge in [-0.3, -0.25) is 4.79 Å². The van der Waals surface area contributed by atoms with Crippen molar-refractivity contribution in [2.75, 3.05) is 13.7 Å². The third-order valence-corrected chi connectivity index (χ3v) is 2.01. The van der Waals surface area contributed by atoms with Gasteiger partial charge in [0, 0.05) is 5.56 Å². The predicted octanol–water partition coefficient (Wildman–Crippen LogP) is 1.86. The van der Waals surface area contributed by atoms with E-state index in [2.05, 4.69) is 4.74 Å². The summed E-state index contributed by atoms with van der Waals surface area (Å²) in [7, 11) is 1.11. The Morgan fingerprint density at radius 3 is 2.50 bits per heavy atom. The van der Waals surface area contributed by atoms with Crippen LogP contribution in [-0.4, -0.2) is 19.4 Å². The maximum absolute atomic E-state index is 12.5. The Balaban J connectivity index is 3.22. The van der Waals surface area contributed by atoms with Gasteiger partial charge in [0.1, 0.15) is 5.75 Å². The third-order valence-electron chi connectivity index (χ3n) is 2.01. The van der Waals surface area contributed by atoms with Gasteiger partial charge in [0.15, 0.2) is 5.78 Å². The Labute approximate surface area is 90.0 Å². The maximum Gasteiger partial charge on any atom is 0.419 e. The molecule has 0 fully saturated rings. The standard InChI is InChI=1S/C10H10F3NO2/c1-16-9-4-6(8(15)5-14)2-3-7(9)10(11,12)13/h2-4H,5,14H2,1H3. The molecule has 0 atom stereocenters. The Kier molecular flexibility index (Phi) is 3.54. The van der Waals surface area contributed by atoms with Crippen LogP contribution in [0.3, 0.4) is 0 Å². The summed E-state index contributed by atoms with van der Waals surface area (Å²) in [4.78, 5) is 11.2. The van der Waals surface area contributed by atoms with Crippen molar-refractivity contribution in [3.05, 3.63) is 29.3 Å². The summed E-state index contributed by atoms with van der Waals surface area (Å²) < 4.78 is 42.0. The number of alkyl halides is 3. The number of methoxy groups -OCH3 is 1. The molecular formula is C10H10F3NO2. The molecule has 0 aromatic heterocycles. The average Bonchev–Trinajstić information content (AvgIpc) is 2.25. The van der Waals surface area contributed by atoms with Crippen LogP contribution in [0.1, 0.15) is 15.9 Å². The lowest BCUT2D eigenvalue weighted by Gasteiger charge is -2.12. The molecule has 6 heteroatoms. The van der Waals surface area contributed by atoms with Gasteiger partial charge in [0.05, 0.1) is 19.2 Å². The first-order valence-corrected chi connectivity index (χ1v) is 4.38. The van der Waals surface area contributed by atoms with E-state index in [1.165, 1.54) is 0 Å². The summed E-state index contributed by atoms with van der Waals surface area (Å²) in [6.07, 6.45) is -4.50. The molecule has 0 bridgehead atoms. The Morgan fingerprint density at radius 1 is 1.44 bits per heavy atom. The van der Waals surface area contributed by atoms with Gasteiger partial charge in [0.2, 0.25) is 0 Å². The van der Waals surface area contributed by atoms with Crippen molar-refractivity contribution in [1.29, 1.82) is 0 Å². The van der Waals surface area contributed by atoms with Crippen LogP contribution in [0, 0.1) is 0 Å². The van der Waals surface area contributed by atoms with E-state index in [0.717, 1.165) is 25.3 Å². The molecule has 0 aliphatic rings. The zero-order valence-electron chi connectivity index (χ0n) is 8.47. The molecule has 0 aliphatic carbocycles. The highest BCUT2D eigenvalue weighted by molar-refractivity contribution is 5.97. The van der Waals surface area contributed by atoms with Gasteiger partial charge >= 0.3 is 6.18 Å². The smallest absolute Gasteiger partial charge is 0.419 e. The molecule has 1 aromatic carbocycles. The quantitative estimate of drug-likeness (QED) is 0.810. The monoisotopic (exact) mass is 233 g/mol. The Morgan fingerprint density at radius 2 is 2.06 bits per heavy atom. The van der Waals surface area contributed by atoms with Crippen molar-refractivity contribution in [2.24, 2.45) is 5.73 Å². The highest BCUT2D eigenvalue weighted by Gasteiger charge is 2.34. The van der Waals surface area contributed by atoms with E-state index >= 15 is 0 Å². The van der Waals surface area contributed by atoms with Crippen molar-refractivity contribution in [3.63, 3.8) is 0 Å². The lowest BCUT2D eigenvalue weighted by atomic mass is 10.1. The third kappa shape index (κ3) is 2.52. The van der Waals surface area contributed by atoms with Crippen molar-refractivity contribution in [2.45, 2.75) is 6.18 Å². The fourth-order valence-corrected chi connectivity index (χ4v) is 1.22. The molecule has 0 saturated heterocycles. The maximum atomic E-state index is 12.5. The van der Waals surface area contributed by atoms with E-state index < -0.39 is 17.5 Å². The molecule has 0 radical (unpaired) electrons. The molecule has 0 saturated carbocycles. The molecule has 88 valence electrons. The number of Topliss-reactive ketones (excluding diaryl/α,β-unsaturated/α-hetero) is 1. The fourth-order valence-electron chi connectivity index (χ4n) is 1.22. The lowest BCUT2D eigenvalue weighted by Crippen LogP contribution is -2.15. The largest absolute Gasteiger partial charge is 0.496 e. The first kappa shape index (κ1) is 12.5. The van der Waals surface area contributed by atoms with Crippen molar-refractivity contribution in [1.82, 2.24) is 0 Å². The van der Waals surface area contributed by atoms with Gasteiger partial charge in [-0.15, -0.1) is 0 Å². The average molecular weight is 233 g/mol. The van der Waals surface area contributed by atoms with Crippen LogP contribution in [0.4, 0.5) is 13.2 Å². The van der Waals surface area contributed by atoms with Gasteiger partial charge in [-0.25, -0.2) is 0 Å². The minimum absolute atomic E-state index is 0.104. The minimum Gasteiger partial charge on any atom is -0.496 e. The second-order valence-corrected chi connectivity index (χ2v) is 3.04. The summed E-state index contributed by atoms with van der Waals surface area (Å²) in [6.45, 7) is -0.255. The van der Waals surface area contributed by atoms with Crippen molar-refractivity contribution in [3.8, 4) is 5.75 Å². The first-order chi connectivity index (χ1) is 7.40. The molecule has 0 spiro atoms. The number of halogens is 3. The molecule has 1 aromatic rings. The number of hydrogen-bond donors (Lipinski definition) is 1. The Bertz CT molecular complexity index is 402. The zero-order valence-corrected chi connectivity index (χ0v) is 8.47. The molecule has 1 rings (SSSR count). The molecular weight excluding hydrogens is 223 g/mol. The summed E-state index contributed by atoms with van der Waals surface area (Å²) in [5.41, 5.74) is 4.30. The summed E-state index contributed by atoms with van der Waals surface area (Å²) >= 11 is 0. The fraction of sp³-hybridized carbons (Fsp3) is 0.300. The lowest BCUT2D eigenvalue weighted by molar-refractivity contribution is -0.138. The van der Waals surface area contributed by atoms with Crippen LogP contribution in [0.15, 0.2) is 18.2 Å². The molecule has 3 nitrogen and oxygen atoms in total. The number of carbonyl (C=O) groups excluding carboxylic acids is 1. The first-order valence-electron chi connectivity index (χ1n) is 4.38. The predicted molar refractivity (Wildman–Crippen MR) is 51.4 cm³/mol.